The second kappa shape index (κ2) is 8.01. The first-order valence-corrected chi connectivity index (χ1v) is 7.73. The molecule has 9 heteroatoms. The maximum absolute atomic E-state index is 12.9. The highest BCUT2D eigenvalue weighted by Gasteiger charge is 2.40. The van der Waals surface area contributed by atoms with Gasteiger partial charge in [0.2, 0.25) is 0 Å². The van der Waals surface area contributed by atoms with Crippen molar-refractivity contribution in [2.75, 3.05) is 11.5 Å². The average molecular weight is 364 g/mol. The molecule has 1 aromatic heterocycles. The SMILES string of the molecule is CC(C)(C)N(C(=O)O)c1cccc(C(O)C[C@@H](CCO)C(F)(F)F)n1. The van der Waals surface area contributed by atoms with Gasteiger partial charge in [-0.05, 0) is 45.7 Å². The molecule has 0 fully saturated rings. The van der Waals surface area contributed by atoms with Gasteiger partial charge in [0.05, 0.1) is 17.7 Å². The molecule has 0 aliphatic carbocycles. The van der Waals surface area contributed by atoms with Crippen molar-refractivity contribution >= 4 is 11.9 Å². The summed E-state index contributed by atoms with van der Waals surface area (Å²) in [4.78, 5) is 16.5. The molecule has 1 rings (SSSR count). The molecule has 6 nitrogen and oxygen atoms in total. The van der Waals surface area contributed by atoms with Crippen LogP contribution in [0.25, 0.3) is 0 Å². The van der Waals surface area contributed by atoms with Crippen molar-refractivity contribution in [1.82, 2.24) is 4.98 Å². The molecule has 2 atom stereocenters. The molecule has 3 N–H and O–H groups in total. The number of aliphatic hydroxyl groups is 2. The van der Waals surface area contributed by atoms with Crippen LogP contribution in [-0.4, -0.2) is 44.7 Å². The molecular formula is C16H23F3N2O4. The van der Waals surface area contributed by atoms with E-state index in [-0.39, 0.29) is 11.5 Å². The predicted octanol–water partition coefficient (Wildman–Crippen LogP) is 3.35. The zero-order chi connectivity index (χ0) is 19.4. The third kappa shape index (κ3) is 5.86. The Balaban J connectivity index is 3.09. The highest BCUT2D eigenvalue weighted by Crippen LogP contribution is 2.35. The maximum Gasteiger partial charge on any atom is 0.413 e. The number of nitrogens with zero attached hydrogens (tertiary/aromatic N) is 2. The van der Waals surface area contributed by atoms with Gasteiger partial charge >= 0.3 is 12.3 Å². The van der Waals surface area contributed by atoms with Crippen LogP contribution in [0.2, 0.25) is 0 Å². The molecule has 1 amide bonds. The summed E-state index contributed by atoms with van der Waals surface area (Å²) in [5, 5.41) is 28.3. The number of alkyl halides is 3. The number of aliphatic hydroxyl groups excluding tert-OH is 2. The van der Waals surface area contributed by atoms with Crippen LogP contribution in [0.15, 0.2) is 18.2 Å². The van der Waals surface area contributed by atoms with E-state index < -0.39 is 49.3 Å². The lowest BCUT2D eigenvalue weighted by Crippen LogP contribution is -2.45. The number of carbonyl (C=O) groups is 1. The second-order valence-electron chi connectivity index (χ2n) is 6.71. The fraction of sp³-hybridized carbons (Fsp3) is 0.625. The Labute approximate surface area is 143 Å². The topological polar surface area (TPSA) is 93.9 Å². The summed E-state index contributed by atoms with van der Waals surface area (Å²) < 4.78 is 38.8. The van der Waals surface area contributed by atoms with Gasteiger partial charge in [0.1, 0.15) is 5.82 Å². The van der Waals surface area contributed by atoms with Crippen LogP contribution < -0.4 is 4.90 Å². The van der Waals surface area contributed by atoms with E-state index in [1.54, 1.807) is 20.8 Å². The molecule has 1 aromatic rings. The molecule has 0 aliphatic rings. The number of pyridine rings is 1. The molecular weight excluding hydrogens is 341 g/mol. The van der Waals surface area contributed by atoms with E-state index >= 15 is 0 Å². The van der Waals surface area contributed by atoms with Crippen molar-refractivity contribution in [3.05, 3.63) is 23.9 Å². The number of hydrogen-bond acceptors (Lipinski definition) is 4. The summed E-state index contributed by atoms with van der Waals surface area (Å²) in [5.74, 6) is -1.86. The Kier molecular flexibility index (Phi) is 6.78. The smallest absolute Gasteiger partial charge is 0.413 e. The zero-order valence-corrected chi connectivity index (χ0v) is 14.3. The van der Waals surface area contributed by atoms with E-state index in [2.05, 4.69) is 4.98 Å². The molecule has 0 bridgehead atoms. The highest BCUT2D eigenvalue weighted by molar-refractivity contribution is 5.86. The molecule has 1 unspecified atom stereocenters. The zero-order valence-electron chi connectivity index (χ0n) is 14.3. The minimum Gasteiger partial charge on any atom is -0.465 e. The van der Waals surface area contributed by atoms with E-state index in [1.165, 1.54) is 18.2 Å². The predicted molar refractivity (Wildman–Crippen MR) is 85.3 cm³/mol. The van der Waals surface area contributed by atoms with Crippen molar-refractivity contribution in [3.8, 4) is 0 Å². The summed E-state index contributed by atoms with van der Waals surface area (Å²) in [6.07, 6.45) is -8.54. The van der Waals surface area contributed by atoms with Crippen LogP contribution in [0.3, 0.4) is 0 Å². The van der Waals surface area contributed by atoms with Gasteiger partial charge in [-0.3, -0.25) is 4.90 Å². The minimum atomic E-state index is -4.56. The summed E-state index contributed by atoms with van der Waals surface area (Å²) in [6.45, 7) is 4.29. The quantitative estimate of drug-likeness (QED) is 0.720. The monoisotopic (exact) mass is 364 g/mol. The van der Waals surface area contributed by atoms with Crippen molar-refractivity contribution in [3.63, 3.8) is 0 Å². The lowest BCUT2D eigenvalue weighted by atomic mass is 9.96. The molecule has 0 radical (unpaired) electrons. The normalized spacial score (nSPS) is 14.9. The van der Waals surface area contributed by atoms with Crippen LogP contribution in [0.1, 0.15) is 45.4 Å². The molecule has 142 valence electrons. The molecule has 0 aliphatic heterocycles. The highest BCUT2D eigenvalue weighted by atomic mass is 19.4. The van der Waals surface area contributed by atoms with Gasteiger partial charge in [0.15, 0.2) is 0 Å². The second-order valence-corrected chi connectivity index (χ2v) is 6.71. The number of anilines is 1. The van der Waals surface area contributed by atoms with Gasteiger partial charge in [-0.25, -0.2) is 9.78 Å². The largest absolute Gasteiger partial charge is 0.465 e. The van der Waals surface area contributed by atoms with E-state index in [0.29, 0.717) is 0 Å². The van der Waals surface area contributed by atoms with Crippen molar-refractivity contribution in [2.24, 2.45) is 5.92 Å². The lowest BCUT2D eigenvalue weighted by molar-refractivity contribution is -0.186. The Morgan fingerprint density at radius 2 is 1.88 bits per heavy atom. The summed E-state index contributed by atoms with van der Waals surface area (Å²) in [6, 6.07) is 4.17. The summed E-state index contributed by atoms with van der Waals surface area (Å²) in [5.41, 5.74) is -0.881. The number of carboxylic acid groups (broad SMARTS) is 1. The summed E-state index contributed by atoms with van der Waals surface area (Å²) >= 11 is 0. The van der Waals surface area contributed by atoms with Crippen LogP contribution >= 0.6 is 0 Å². The molecule has 25 heavy (non-hydrogen) atoms. The maximum atomic E-state index is 12.9. The number of hydrogen-bond donors (Lipinski definition) is 3. The van der Waals surface area contributed by atoms with Crippen LogP contribution in [0.5, 0.6) is 0 Å². The number of amides is 1. The van der Waals surface area contributed by atoms with Gasteiger partial charge in [0, 0.05) is 12.1 Å². The van der Waals surface area contributed by atoms with Crippen molar-refractivity contribution < 1.29 is 33.3 Å². The first-order chi connectivity index (χ1) is 11.4. The first-order valence-electron chi connectivity index (χ1n) is 7.73. The van der Waals surface area contributed by atoms with Gasteiger partial charge in [-0.15, -0.1) is 0 Å². The molecule has 0 saturated heterocycles. The standard InChI is InChI=1S/C16H23F3N2O4/c1-15(2,3)21(14(24)25)13-6-4-5-11(20-13)12(23)9-10(7-8-22)16(17,18)19/h4-6,10,12,22-23H,7-9H2,1-3H3,(H,24,25)/t10-,12?/m1/s1. The molecule has 0 saturated carbocycles. The van der Waals surface area contributed by atoms with Gasteiger partial charge in [-0.1, -0.05) is 6.07 Å². The van der Waals surface area contributed by atoms with E-state index in [9.17, 15) is 28.2 Å². The Morgan fingerprint density at radius 1 is 1.28 bits per heavy atom. The minimum absolute atomic E-state index is 0.0160. The average Bonchev–Trinajstić information content (AvgIpc) is 2.44. The van der Waals surface area contributed by atoms with Crippen LogP contribution in [-0.2, 0) is 0 Å². The van der Waals surface area contributed by atoms with E-state index in [0.717, 1.165) is 4.90 Å². The Hall–Kier alpha value is -1.87. The van der Waals surface area contributed by atoms with Gasteiger partial charge < -0.3 is 15.3 Å². The number of rotatable bonds is 6. The Bertz CT molecular complexity index is 587. The number of aromatic nitrogens is 1. The van der Waals surface area contributed by atoms with Crippen molar-refractivity contribution in [2.45, 2.75) is 51.4 Å². The Morgan fingerprint density at radius 3 is 2.32 bits per heavy atom. The van der Waals surface area contributed by atoms with E-state index in [1.807, 2.05) is 0 Å². The first kappa shape index (κ1) is 21.2. The third-order valence-corrected chi connectivity index (χ3v) is 3.64. The fourth-order valence-electron chi connectivity index (χ4n) is 2.44. The van der Waals surface area contributed by atoms with Crippen LogP contribution in [0.4, 0.5) is 23.8 Å². The van der Waals surface area contributed by atoms with Crippen molar-refractivity contribution in [1.29, 1.82) is 0 Å². The molecule has 0 spiro atoms. The molecule has 0 aromatic carbocycles. The number of halogens is 3. The third-order valence-electron chi connectivity index (χ3n) is 3.64. The lowest BCUT2D eigenvalue weighted by Gasteiger charge is -2.32. The molecule has 1 heterocycles. The van der Waals surface area contributed by atoms with Gasteiger partial charge in [-0.2, -0.15) is 13.2 Å². The van der Waals surface area contributed by atoms with Gasteiger partial charge in [0.25, 0.3) is 0 Å². The fourth-order valence-corrected chi connectivity index (χ4v) is 2.44. The van der Waals surface area contributed by atoms with Crippen LogP contribution in [0, 0.1) is 5.92 Å². The van der Waals surface area contributed by atoms with E-state index in [4.69, 9.17) is 5.11 Å². The summed E-state index contributed by atoms with van der Waals surface area (Å²) in [7, 11) is 0.